The van der Waals surface area contributed by atoms with Crippen LogP contribution in [0.1, 0.15) is 38.4 Å². The molecule has 1 amide bonds. The molecule has 1 N–H and O–H groups in total. The van der Waals surface area contributed by atoms with E-state index in [1.54, 1.807) is 33.1 Å². The Hall–Kier alpha value is -1.43. The lowest BCUT2D eigenvalue weighted by molar-refractivity contribution is -0.113. The third kappa shape index (κ3) is 3.80. The van der Waals surface area contributed by atoms with Crippen molar-refractivity contribution in [2.75, 3.05) is 0 Å². The molecule has 0 aliphatic carbocycles. The Kier molecular flexibility index (Phi) is 4.11. The molecule has 1 atom stereocenters. The van der Waals surface area contributed by atoms with Crippen LogP contribution >= 0.6 is 11.3 Å². The van der Waals surface area contributed by atoms with E-state index in [2.05, 4.69) is 10.3 Å². The molecular formula is C12H18N2O3S. The predicted octanol–water partition coefficient (Wildman–Crippen LogP) is 2.39. The monoisotopic (exact) mass is 270 g/mol. The summed E-state index contributed by atoms with van der Waals surface area (Å²) >= 11 is 1.42. The van der Waals surface area contributed by atoms with Gasteiger partial charge in [-0.25, -0.2) is 9.78 Å². The average Bonchev–Trinajstić information content (AvgIpc) is 2.62. The van der Waals surface area contributed by atoms with E-state index in [0.717, 1.165) is 5.01 Å². The second-order valence-corrected chi connectivity index (χ2v) is 6.26. The van der Waals surface area contributed by atoms with Gasteiger partial charge in [0.15, 0.2) is 6.29 Å². The standard InChI is InChI=1S/C12H18N2O3S/c1-8-13-9(6-18-8)12(5,7-15)14-10(16)17-11(2,3)4/h6-7H,1-5H3,(H,14,16). The lowest BCUT2D eigenvalue weighted by Gasteiger charge is -2.26. The number of aldehydes is 1. The van der Waals surface area contributed by atoms with Crippen LogP contribution in [-0.2, 0) is 15.1 Å². The van der Waals surface area contributed by atoms with Crippen LogP contribution in [0.2, 0.25) is 0 Å². The van der Waals surface area contributed by atoms with Crippen LogP contribution in [0.4, 0.5) is 4.79 Å². The third-order valence-electron chi connectivity index (χ3n) is 2.15. The quantitative estimate of drug-likeness (QED) is 0.856. The van der Waals surface area contributed by atoms with Crippen LogP contribution in [-0.4, -0.2) is 23.0 Å². The van der Waals surface area contributed by atoms with Gasteiger partial charge in [0.25, 0.3) is 0 Å². The van der Waals surface area contributed by atoms with E-state index < -0.39 is 17.2 Å². The fraction of sp³-hybridized carbons (Fsp3) is 0.583. The summed E-state index contributed by atoms with van der Waals surface area (Å²) in [5.74, 6) is 0. The summed E-state index contributed by atoms with van der Waals surface area (Å²) in [6.45, 7) is 8.72. The number of thiazole rings is 1. The first-order chi connectivity index (χ1) is 8.16. The Morgan fingerprint density at radius 2 is 2.06 bits per heavy atom. The second-order valence-electron chi connectivity index (χ2n) is 5.20. The van der Waals surface area contributed by atoms with Gasteiger partial charge in [0.05, 0.1) is 10.7 Å². The normalized spacial score (nSPS) is 14.7. The highest BCUT2D eigenvalue weighted by Crippen LogP contribution is 2.21. The topological polar surface area (TPSA) is 68.3 Å². The zero-order valence-corrected chi connectivity index (χ0v) is 12.1. The molecule has 0 aliphatic heterocycles. The van der Waals surface area contributed by atoms with Gasteiger partial charge < -0.3 is 14.8 Å². The van der Waals surface area contributed by atoms with Gasteiger partial charge >= 0.3 is 6.09 Å². The van der Waals surface area contributed by atoms with E-state index in [9.17, 15) is 9.59 Å². The van der Waals surface area contributed by atoms with E-state index in [-0.39, 0.29) is 0 Å². The molecular weight excluding hydrogens is 252 g/mol. The average molecular weight is 270 g/mol. The summed E-state index contributed by atoms with van der Waals surface area (Å²) in [6.07, 6.45) is 0.0218. The molecule has 1 aromatic heterocycles. The van der Waals surface area contributed by atoms with Crippen LogP contribution in [0.5, 0.6) is 0 Å². The lowest BCUT2D eigenvalue weighted by atomic mass is 10.0. The first-order valence-electron chi connectivity index (χ1n) is 5.56. The minimum Gasteiger partial charge on any atom is -0.444 e. The zero-order chi connectivity index (χ0) is 14.0. The maximum atomic E-state index is 11.7. The SMILES string of the molecule is Cc1nc(C(C)(C=O)NC(=O)OC(C)(C)C)cs1. The Labute approximate surface area is 111 Å². The number of amides is 1. The van der Waals surface area contributed by atoms with E-state index >= 15 is 0 Å². The van der Waals surface area contributed by atoms with Crippen molar-refractivity contribution in [1.29, 1.82) is 0 Å². The van der Waals surface area contributed by atoms with Gasteiger partial charge in [0, 0.05) is 5.38 Å². The Bertz CT molecular complexity index is 450. The Balaban J connectivity index is 2.84. The summed E-state index contributed by atoms with van der Waals surface area (Å²) in [4.78, 5) is 27.1. The number of hydrogen-bond acceptors (Lipinski definition) is 5. The molecule has 1 aromatic rings. The van der Waals surface area contributed by atoms with Crippen LogP contribution in [0.3, 0.4) is 0 Å². The molecule has 100 valence electrons. The molecule has 1 unspecified atom stereocenters. The van der Waals surface area contributed by atoms with Gasteiger partial charge in [-0.15, -0.1) is 11.3 Å². The molecule has 0 saturated heterocycles. The van der Waals surface area contributed by atoms with Crippen molar-refractivity contribution >= 4 is 23.7 Å². The van der Waals surface area contributed by atoms with Crippen molar-refractivity contribution in [3.63, 3.8) is 0 Å². The maximum absolute atomic E-state index is 11.7. The maximum Gasteiger partial charge on any atom is 0.408 e. The third-order valence-corrected chi connectivity index (χ3v) is 2.92. The van der Waals surface area contributed by atoms with Crippen molar-refractivity contribution < 1.29 is 14.3 Å². The van der Waals surface area contributed by atoms with Crippen LogP contribution in [0.25, 0.3) is 0 Å². The Morgan fingerprint density at radius 3 is 2.44 bits per heavy atom. The molecule has 0 bridgehead atoms. The summed E-state index contributed by atoms with van der Waals surface area (Å²) in [7, 11) is 0. The summed E-state index contributed by atoms with van der Waals surface area (Å²) in [6, 6.07) is 0. The van der Waals surface area contributed by atoms with Crippen molar-refractivity contribution in [1.82, 2.24) is 10.3 Å². The molecule has 6 heteroatoms. The number of rotatable bonds is 3. The highest BCUT2D eigenvalue weighted by Gasteiger charge is 2.32. The zero-order valence-electron chi connectivity index (χ0n) is 11.2. The minimum absolute atomic E-state index is 0.519. The van der Waals surface area contributed by atoms with Crippen molar-refractivity contribution in [2.24, 2.45) is 0 Å². The fourth-order valence-electron chi connectivity index (χ4n) is 1.27. The van der Waals surface area contributed by atoms with Crippen molar-refractivity contribution in [3.8, 4) is 0 Å². The number of aromatic nitrogens is 1. The molecule has 0 spiro atoms. The molecule has 0 fully saturated rings. The highest BCUT2D eigenvalue weighted by atomic mass is 32.1. The number of hydrogen-bond donors (Lipinski definition) is 1. The van der Waals surface area contributed by atoms with Gasteiger partial charge in [0.1, 0.15) is 11.1 Å². The predicted molar refractivity (Wildman–Crippen MR) is 69.6 cm³/mol. The Morgan fingerprint density at radius 1 is 1.44 bits per heavy atom. The first-order valence-corrected chi connectivity index (χ1v) is 6.44. The van der Waals surface area contributed by atoms with Crippen LogP contribution in [0.15, 0.2) is 5.38 Å². The number of nitrogens with one attached hydrogen (secondary N) is 1. The summed E-state index contributed by atoms with van der Waals surface area (Å²) in [5, 5.41) is 5.13. The van der Waals surface area contributed by atoms with Crippen LogP contribution in [0, 0.1) is 6.92 Å². The molecule has 1 rings (SSSR count). The van der Waals surface area contributed by atoms with E-state index in [1.165, 1.54) is 11.3 Å². The molecule has 0 saturated carbocycles. The van der Waals surface area contributed by atoms with Gasteiger partial charge in [-0.2, -0.15) is 0 Å². The number of carbonyl (C=O) groups excluding carboxylic acids is 2. The largest absolute Gasteiger partial charge is 0.444 e. The highest BCUT2D eigenvalue weighted by molar-refractivity contribution is 7.09. The van der Waals surface area contributed by atoms with Crippen molar-refractivity contribution in [2.45, 2.75) is 45.8 Å². The van der Waals surface area contributed by atoms with Crippen LogP contribution < -0.4 is 5.32 Å². The molecule has 0 aromatic carbocycles. The summed E-state index contributed by atoms with van der Waals surface area (Å²) in [5.41, 5.74) is -1.25. The molecule has 1 heterocycles. The second kappa shape index (κ2) is 5.06. The number of nitrogens with zero attached hydrogens (tertiary/aromatic N) is 1. The van der Waals surface area contributed by atoms with Gasteiger partial charge in [-0.3, -0.25) is 0 Å². The molecule has 5 nitrogen and oxygen atoms in total. The number of carbonyl (C=O) groups is 2. The smallest absolute Gasteiger partial charge is 0.408 e. The first kappa shape index (κ1) is 14.6. The number of ether oxygens (including phenoxy) is 1. The summed E-state index contributed by atoms with van der Waals surface area (Å²) < 4.78 is 5.13. The van der Waals surface area contributed by atoms with E-state index in [0.29, 0.717) is 12.0 Å². The van der Waals surface area contributed by atoms with Gasteiger partial charge in [-0.1, -0.05) is 0 Å². The lowest BCUT2D eigenvalue weighted by Crippen LogP contribution is -2.47. The van der Waals surface area contributed by atoms with E-state index in [1.807, 2.05) is 6.92 Å². The minimum atomic E-state index is -1.16. The van der Waals surface area contributed by atoms with Crippen molar-refractivity contribution in [3.05, 3.63) is 16.1 Å². The fourth-order valence-corrected chi connectivity index (χ4v) is 2.00. The molecule has 18 heavy (non-hydrogen) atoms. The number of aryl methyl sites for hydroxylation is 1. The van der Waals surface area contributed by atoms with Gasteiger partial charge in [0.2, 0.25) is 0 Å². The van der Waals surface area contributed by atoms with Gasteiger partial charge in [-0.05, 0) is 34.6 Å². The molecule has 0 radical (unpaired) electrons. The van der Waals surface area contributed by atoms with E-state index in [4.69, 9.17) is 4.74 Å². The molecule has 0 aliphatic rings. The number of alkyl carbamates (subject to hydrolysis) is 1.